The van der Waals surface area contributed by atoms with Crippen molar-refractivity contribution in [2.24, 2.45) is 0 Å². The van der Waals surface area contributed by atoms with E-state index in [2.05, 4.69) is 47.0 Å². The van der Waals surface area contributed by atoms with E-state index in [-0.39, 0.29) is 17.4 Å². The minimum atomic E-state index is -0.125. The fourth-order valence-corrected chi connectivity index (χ4v) is 7.70. The predicted octanol–water partition coefficient (Wildman–Crippen LogP) is 6.14. The number of rotatable bonds is 15. The summed E-state index contributed by atoms with van der Waals surface area (Å²) >= 11 is 1.73. The number of imidazole rings is 1. The Morgan fingerprint density at radius 3 is 2.52 bits per heavy atom. The first-order chi connectivity index (χ1) is 24.4. The number of H-pyrrole nitrogens is 1. The number of hydrogen-bond acceptors (Lipinski definition) is 10. The molecule has 1 amide bonds. The molecular formula is C38H50N6O5S. The number of aromatic nitrogens is 2. The van der Waals surface area contributed by atoms with E-state index in [0.717, 1.165) is 72.9 Å². The zero-order chi connectivity index (χ0) is 35.0. The molecule has 3 heterocycles. The Balaban J connectivity index is 1.02. The summed E-state index contributed by atoms with van der Waals surface area (Å²) in [5.41, 5.74) is 11.4. The number of fused-ring (bicyclic) bond motifs is 1. The number of thioether (sulfide) groups is 1. The number of ether oxygens (including phenoxy) is 4. The third-order valence-electron chi connectivity index (χ3n) is 9.39. The Bertz CT molecular complexity index is 1720. The van der Waals surface area contributed by atoms with Crippen molar-refractivity contribution in [3.05, 3.63) is 60.2 Å². The number of methoxy groups -OCH3 is 1. The Morgan fingerprint density at radius 1 is 1.00 bits per heavy atom. The van der Waals surface area contributed by atoms with Gasteiger partial charge in [-0.2, -0.15) is 0 Å². The Hall–Kier alpha value is -4.13. The maximum atomic E-state index is 13.8. The van der Waals surface area contributed by atoms with Crippen LogP contribution in [0.2, 0.25) is 0 Å². The third-order valence-corrected chi connectivity index (χ3v) is 10.5. The molecule has 6 rings (SSSR count). The fourth-order valence-electron chi connectivity index (χ4n) is 6.63. The molecule has 0 spiro atoms. The van der Waals surface area contributed by atoms with Gasteiger partial charge in [0.25, 0.3) is 5.91 Å². The maximum Gasteiger partial charge on any atom is 0.256 e. The summed E-state index contributed by atoms with van der Waals surface area (Å²) in [7, 11) is 3.74. The largest absolute Gasteiger partial charge is 0.497 e. The van der Waals surface area contributed by atoms with Gasteiger partial charge in [0.15, 0.2) is 0 Å². The lowest BCUT2D eigenvalue weighted by atomic mass is 10.1. The number of carbonyl (C=O) groups is 1. The van der Waals surface area contributed by atoms with Crippen LogP contribution in [-0.4, -0.2) is 110 Å². The van der Waals surface area contributed by atoms with Crippen molar-refractivity contribution in [2.75, 3.05) is 83.1 Å². The van der Waals surface area contributed by atoms with Gasteiger partial charge in [-0.25, -0.2) is 4.98 Å². The van der Waals surface area contributed by atoms with Gasteiger partial charge in [-0.1, -0.05) is 6.92 Å². The first-order valence-electron chi connectivity index (χ1n) is 17.7. The van der Waals surface area contributed by atoms with E-state index in [1.165, 1.54) is 5.69 Å². The molecule has 50 heavy (non-hydrogen) atoms. The van der Waals surface area contributed by atoms with Crippen LogP contribution in [0.25, 0.3) is 22.4 Å². The maximum absolute atomic E-state index is 13.8. The molecule has 11 nitrogen and oxygen atoms in total. The van der Waals surface area contributed by atoms with Crippen LogP contribution in [0, 0.1) is 0 Å². The first kappa shape index (κ1) is 35.7. The molecule has 1 aromatic heterocycles. The summed E-state index contributed by atoms with van der Waals surface area (Å²) in [5, 5.41) is 0. The lowest BCUT2D eigenvalue weighted by Gasteiger charge is -2.34. The molecule has 1 unspecified atom stereocenters. The molecule has 0 aliphatic carbocycles. The van der Waals surface area contributed by atoms with Crippen molar-refractivity contribution in [3.8, 4) is 28.6 Å². The summed E-state index contributed by atoms with van der Waals surface area (Å²) in [6.45, 7) is 10.4. The van der Waals surface area contributed by atoms with E-state index in [4.69, 9.17) is 29.7 Å². The number of nitrogens with zero attached hydrogens (tertiary/aromatic N) is 4. The van der Waals surface area contributed by atoms with E-state index < -0.39 is 0 Å². The smallest absolute Gasteiger partial charge is 0.256 e. The van der Waals surface area contributed by atoms with E-state index in [1.54, 1.807) is 31.0 Å². The molecule has 0 radical (unpaired) electrons. The van der Waals surface area contributed by atoms with Crippen molar-refractivity contribution in [2.45, 2.75) is 44.6 Å². The molecule has 3 aromatic carbocycles. The van der Waals surface area contributed by atoms with Crippen molar-refractivity contribution < 1.29 is 23.7 Å². The summed E-state index contributed by atoms with van der Waals surface area (Å²) in [5.74, 6) is 3.34. The molecule has 0 bridgehead atoms. The number of anilines is 2. The van der Waals surface area contributed by atoms with E-state index in [9.17, 15) is 4.79 Å². The Morgan fingerprint density at radius 2 is 1.78 bits per heavy atom. The zero-order valence-electron chi connectivity index (χ0n) is 29.7. The van der Waals surface area contributed by atoms with Gasteiger partial charge >= 0.3 is 0 Å². The number of aromatic amines is 1. The average molecular weight is 703 g/mol. The lowest BCUT2D eigenvalue weighted by molar-refractivity contribution is 0.0461. The SMILES string of the molecule is CCOC(SCC)[C@@H]1CCCN1C(=O)c1cc(OC)cc(OCCCOc2ccc(-c3nc4ccc(N5CCN(C)CC5)cc4[nH]3)cc2)c1N. The summed E-state index contributed by atoms with van der Waals surface area (Å²) in [6, 6.07) is 17.8. The van der Waals surface area contributed by atoms with Gasteiger partial charge in [0.2, 0.25) is 0 Å². The molecule has 2 aliphatic rings. The monoisotopic (exact) mass is 702 g/mol. The normalized spacial score (nSPS) is 17.3. The van der Waals surface area contributed by atoms with Crippen LogP contribution in [0.3, 0.4) is 0 Å². The molecule has 2 fully saturated rings. The van der Waals surface area contributed by atoms with Gasteiger partial charge in [-0.15, -0.1) is 11.8 Å². The van der Waals surface area contributed by atoms with E-state index in [1.807, 2.05) is 36.1 Å². The van der Waals surface area contributed by atoms with Gasteiger partial charge < -0.3 is 44.4 Å². The minimum absolute atomic E-state index is 0.00672. The van der Waals surface area contributed by atoms with Crippen LogP contribution < -0.4 is 24.8 Å². The number of benzene rings is 3. The van der Waals surface area contributed by atoms with Gasteiger partial charge in [0, 0.05) is 63.1 Å². The van der Waals surface area contributed by atoms with Gasteiger partial charge in [-0.05, 0) is 81.1 Å². The predicted molar refractivity (Wildman–Crippen MR) is 202 cm³/mol. The number of piperazine rings is 1. The third kappa shape index (κ3) is 8.25. The highest BCUT2D eigenvalue weighted by Gasteiger charge is 2.37. The van der Waals surface area contributed by atoms with Crippen LogP contribution in [0.1, 0.15) is 43.5 Å². The van der Waals surface area contributed by atoms with E-state index >= 15 is 0 Å². The van der Waals surface area contributed by atoms with Crippen molar-refractivity contribution in [3.63, 3.8) is 0 Å². The molecule has 2 atom stereocenters. The molecule has 4 aromatic rings. The molecule has 2 saturated heterocycles. The number of likely N-dealkylation sites (tertiary alicyclic amines) is 1. The Kier molecular flexibility index (Phi) is 11.9. The number of nitrogens with two attached hydrogens (primary N) is 1. The summed E-state index contributed by atoms with van der Waals surface area (Å²) < 4.78 is 23.6. The van der Waals surface area contributed by atoms with Crippen molar-refractivity contribution in [1.29, 1.82) is 0 Å². The van der Waals surface area contributed by atoms with Crippen LogP contribution in [0.15, 0.2) is 54.6 Å². The second-order valence-electron chi connectivity index (χ2n) is 12.7. The van der Waals surface area contributed by atoms with Crippen LogP contribution in [0.5, 0.6) is 17.2 Å². The number of amides is 1. The van der Waals surface area contributed by atoms with Crippen LogP contribution >= 0.6 is 11.8 Å². The van der Waals surface area contributed by atoms with Gasteiger partial charge in [0.05, 0.1) is 48.6 Å². The number of carbonyl (C=O) groups excluding carboxylic acids is 1. The molecule has 3 N–H and O–H groups in total. The number of hydrogen-bond donors (Lipinski definition) is 2. The molecular weight excluding hydrogens is 653 g/mol. The summed E-state index contributed by atoms with van der Waals surface area (Å²) in [6.07, 6.45) is 2.45. The van der Waals surface area contributed by atoms with Crippen LogP contribution in [0.4, 0.5) is 11.4 Å². The highest BCUT2D eigenvalue weighted by molar-refractivity contribution is 7.99. The minimum Gasteiger partial charge on any atom is -0.497 e. The lowest BCUT2D eigenvalue weighted by Crippen LogP contribution is -2.44. The number of nitrogens with one attached hydrogen (secondary N) is 1. The second-order valence-corrected chi connectivity index (χ2v) is 14.1. The number of likely N-dealkylation sites (N-methyl/N-ethyl adjacent to an activating group) is 1. The molecule has 268 valence electrons. The quantitative estimate of drug-likeness (QED) is 0.0850. The molecule has 2 aliphatic heterocycles. The van der Waals surface area contributed by atoms with Crippen LogP contribution in [-0.2, 0) is 4.74 Å². The van der Waals surface area contributed by atoms with Crippen molar-refractivity contribution in [1.82, 2.24) is 19.8 Å². The van der Waals surface area contributed by atoms with E-state index in [0.29, 0.717) is 55.5 Å². The highest BCUT2D eigenvalue weighted by Crippen LogP contribution is 2.36. The fraction of sp³-hybridized carbons (Fsp3) is 0.474. The summed E-state index contributed by atoms with van der Waals surface area (Å²) in [4.78, 5) is 28.8. The topological polar surface area (TPSA) is 118 Å². The first-order valence-corrected chi connectivity index (χ1v) is 18.7. The standard InChI is InChI=1S/C38H50N6O5S/c1-5-47-38(50-6-2)33-9-7-16-44(33)37(45)30-24-29(46-4)25-34(35(30)39)49-22-8-21-48-28-13-10-26(11-14-28)36-40-31-15-12-27(23-32(31)41-36)43-19-17-42(3)18-20-43/h10-15,23-25,33,38H,5-9,16-22,39H2,1-4H3,(H,40,41)/t33-,38?/m0/s1. The second kappa shape index (κ2) is 16.7. The average Bonchev–Trinajstić information content (AvgIpc) is 3.80. The highest BCUT2D eigenvalue weighted by atomic mass is 32.2. The van der Waals surface area contributed by atoms with Crippen molar-refractivity contribution >= 4 is 40.1 Å². The zero-order valence-corrected chi connectivity index (χ0v) is 30.5. The number of nitrogen functional groups attached to an aromatic ring is 1. The van der Waals surface area contributed by atoms with Gasteiger partial charge in [0.1, 0.15) is 28.5 Å². The molecule has 12 heteroatoms. The van der Waals surface area contributed by atoms with Gasteiger partial charge in [-0.3, -0.25) is 4.79 Å². The Labute approximate surface area is 299 Å². The molecule has 0 saturated carbocycles.